The highest BCUT2D eigenvalue weighted by atomic mass is 35.5. The summed E-state index contributed by atoms with van der Waals surface area (Å²) in [5, 5.41) is 0. The number of sulfonamides is 2. The summed E-state index contributed by atoms with van der Waals surface area (Å²) >= 11 is 13.8. The van der Waals surface area contributed by atoms with Crippen LogP contribution in [0.2, 0.25) is 8.67 Å². The molecule has 2 aliphatic rings. The van der Waals surface area contributed by atoms with Gasteiger partial charge < -0.3 is 9.80 Å². The van der Waals surface area contributed by atoms with Gasteiger partial charge in [-0.05, 0) is 32.9 Å². The molecule has 0 amide bonds. The summed E-state index contributed by atoms with van der Waals surface area (Å²) in [5.74, 6) is 0. The highest BCUT2D eigenvalue weighted by Gasteiger charge is 2.32. The van der Waals surface area contributed by atoms with Crippen molar-refractivity contribution in [1.82, 2.24) is 9.44 Å². The summed E-state index contributed by atoms with van der Waals surface area (Å²) in [6.07, 6.45) is 0. The van der Waals surface area contributed by atoms with E-state index < -0.39 is 20.0 Å². The van der Waals surface area contributed by atoms with Crippen LogP contribution >= 0.6 is 45.9 Å². The second kappa shape index (κ2) is 8.50. The van der Waals surface area contributed by atoms with Crippen molar-refractivity contribution in [2.45, 2.75) is 35.2 Å². The molecule has 2 aromatic heterocycles. The van der Waals surface area contributed by atoms with Crippen LogP contribution in [0, 0.1) is 0 Å². The smallest absolute Gasteiger partial charge is 0.253 e. The van der Waals surface area contributed by atoms with Crippen molar-refractivity contribution in [2.75, 3.05) is 29.7 Å². The monoisotopic (exact) mass is 518 g/mol. The molecule has 0 atom stereocenters. The van der Waals surface area contributed by atoms with Crippen LogP contribution in [0.4, 0.5) is 11.4 Å². The Morgan fingerprint density at radius 3 is 1.97 bits per heavy atom. The lowest BCUT2D eigenvalue weighted by Gasteiger charge is -2.32. The number of anilines is 2. The predicted octanol–water partition coefficient (Wildman–Crippen LogP) is 3.34. The van der Waals surface area contributed by atoms with Crippen molar-refractivity contribution in [1.29, 1.82) is 0 Å². The topological polar surface area (TPSA) is 98.8 Å². The van der Waals surface area contributed by atoms with Crippen LogP contribution in [-0.4, -0.2) is 42.8 Å². The van der Waals surface area contributed by atoms with E-state index >= 15 is 0 Å². The number of hydrogen-bond acceptors (Lipinski definition) is 8. The van der Waals surface area contributed by atoms with Gasteiger partial charge in [-0.25, -0.2) is 16.8 Å². The summed E-state index contributed by atoms with van der Waals surface area (Å²) in [7, 11) is -6.67. The van der Waals surface area contributed by atoms with E-state index in [0.717, 1.165) is 29.2 Å². The molecule has 0 bridgehead atoms. The minimum absolute atomic E-state index is 0.234. The van der Waals surface area contributed by atoms with E-state index in [2.05, 4.69) is 9.44 Å². The molecule has 0 aliphatic carbocycles. The highest BCUT2D eigenvalue weighted by molar-refractivity contribution is 7.92. The fraction of sp³-hybridized carbons (Fsp3) is 0.467. The van der Waals surface area contributed by atoms with Crippen molar-refractivity contribution in [3.05, 3.63) is 20.8 Å². The SMILES string of the molecule is CC(C)N1CNS(=O)(=O)c2sc(Cl)cc21.CCN1CNS(=O)(=O)c2sc(Cl)cc21. The molecule has 0 spiro atoms. The van der Waals surface area contributed by atoms with Gasteiger partial charge in [-0.3, -0.25) is 0 Å². The van der Waals surface area contributed by atoms with Gasteiger partial charge in [0, 0.05) is 12.6 Å². The fourth-order valence-electron chi connectivity index (χ4n) is 2.84. The summed E-state index contributed by atoms with van der Waals surface area (Å²) < 4.78 is 53.1. The first kappa shape index (κ1) is 23.1. The number of thiophene rings is 2. The standard InChI is InChI=1S/C8H11ClN2O2S2.C7H9ClN2O2S2/c1-5(2)11-4-10-15(12,13)8-6(11)3-7(9)14-8;1-2-10-4-9-14(11,12)7-5(10)3-6(8)13-7/h3,5,10H,4H2,1-2H3;3,9H,2,4H2,1H3. The number of hydrogen-bond donors (Lipinski definition) is 2. The van der Waals surface area contributed by atoms with Gasteiger partial charge in [-0.15, -0.1) is 22.7 Å². The van der Waals surface area contributed by atoms with Crippen molar-refractivity contribution in [3.8, 4) is 0 Å². The van der Waals surface area contributed by atoms with Gasteiger partial charge in [0.2, 0.25) is 0 Å². The van der Waals surface area contributed by atoms with Gasteiger partial charge in [-0.2, -0.15) is 9.44 Å². The first-order valence-electron chi connectivity index (χ1n) is 8.56. The lowest BCUT2D eigenvalue weighted by atomic mass is 10.3. The van der Waals surface area contributed by atoms with E-state index in [1.165, 1.54) is 0 Å². The number of halogens is 2. The number of rotatable bonds is 2. The van der Waals surface area contributed by atoms with E-state index in [1.54, 1.807) is 12.1 Å². The molecule has 0 radical (unpaired) electrons. The molecule has 0 aromatic carbocycles. The normalized spacial score (nSPS) is 19.4. The minimum Gasteiger partial charge on any atom is -0.356 e. The molecule has 2 N–H and O–H groups in total. The quantitative estimate of drug-likeness (QED) is 0.632. The molecule has 0 fully saturated rings. The first-order valence-corrected chi connectivity index (χ1v) is 13.9. The van der Waals surface area contributed by atoms with Gasteiger partial charge in [0.15, 0.2) is 8.42 Å². The maximum Gasteiger partial charge on any atom is 0.253 e. The summed E-state index contributed by atoms with van der Waals surface area (Å²) in [6.45, 7) is 7.36. The van der Waals surface area contributed by atoms with E-state index in [1.807, 2.05) is 30.6 Å². The molecule has 4 rings (SSSR count). The van der Waals surface area contributed by atoms with Gasteiger partial charge in [-0.1, -0.05) is 23.2 Å². The minimum atomic E-state index is -3.35. The lowest BCUT2D eigenvalue weighted by molar-refractivity contribution is 0.564. The molecule has 4 heterocycles. The average molecular weight is 520 g/mol. The molecule has 8 nitrogen and oxygen atoms in total. The molecule has 2 aromatic rings. The lowest BCUT2D eigenvalue weighted by Crippen LogP contribution is -2.45. The summed E-state index contributed by atoms with van der Waals surface area (Å²) in [6, 6.07) is 3.64. The second-order valence-corrected chi connectivity index (χ2v) is 13.8. The van der Waals surface area contributed by atoms with Gasteiger partial charge in [0.25, 0.3) is 20.0 Å². The maximum absolute atomic E-state index is 11.7. The molecular formula is C15H20Cl2N4O4S4. The molecule has 14 heteroatoms. The molecule has 2 aliphatic heterocycles. The van der Waals surface area contributed by atoms with Crippen molar-refractivity contribution >= 4 is 77.3 Å². The van der Waals surface area contributed by atoms with Gasteiger partial charge in [0.1, 0.15) is 0 Å². The van der Waals surface area contributed by atoms with Crippen LogP contribution in [-0.2, 0) is 20.0 Å². The zero-order valence-corrected chi connectivity index (χ0v) is 20.5. The maximum atomic E-state index is 11.7. The number of nitrogens with one attached hydrogen (secondary N) is 2. The fourth-order valence-corrected chi connectivity index (χ4v) is 8.64. The third-order valence-electron chi connectivity index (χ3n) is 4.31. The average Bonchev–Trinajstić information content (AvgIpc) is 3.20. The molecular weight excluding hydrogens is 499 g/mol. The Hall–Kier alpha value is -0.600. The Morgan fingerprint density at radius 2 is 1.45 bits per heavy atom. The molecule has 0 saturated heterocycles. The zero-order valence-electron chi connectivity index (χ0n) is 15.8. The molecule has 0 saturated carbocycles. The molecule has 29 heavy (non-hydrogen) atoms. The summed E-state index contributed by atoms with van der Waals surface area (Å²) in [5.41, 5.74) is 1.42. The number of nitrogens with zero attached hydrogens (tertiary/aromatic N) is 2. The van der Waals surface area contributed by atoms with E-state index in [-0.39, 0.29) is 6.04 Å². The van der Waals surface area contributed by atoms with Crippen LogP contribution in [0.3, 0.4) is 0 Å². The van der Waals surface area contributed by atoms with Gasteiger partial charge >= 0.3 is 0 Å². The van der Waals surface area contributed by atoms with Gasteiger partial charge in [0.05, 0.1) is 33.4 Å². The first-order chi connectivity index (χ1) is 13.5. The van der Waals surface area contributed by atoms with Crippen molar-refractivity contribution < 1.29 is 16.8 Å². The van der Waals surface area contributed by atoms with Crippen LogP contribution in [0.1, 0.15) is 20.8 Å². The highest BCUT2D eigenvalue weighted by Crippen LogP contribution is 2.40. The predicted molar refractivity (Wildman–Crippen MR) is 120 cm³/mol. The Kier molecular flexibility index (Phi) is 6.76. The van der Waals surface area contributed by atoms with Crippen LogP contribution in [0.25, 0.3) is 0 Å². The third-order valence-corrected chi connectivity index (χ3v) is 10.6. The molecule has 162 valence electrons. The van der Waals surface area contributed by atoms with Crippen LogP contribution in [0.5, 0.6) is 0 Å². The number of fused-ring (bicyclic) bond motifs is 2. The zero-order chi connectivity index (χ0) is 21.6. The van der Waals surface area contributed by atoms with Crippen molar-refractivity contribution in [3.63, 3.8) is 0 Å². The van der Waals surface area contributed by atoms with Crippen molar-refractivity contribution in [2.24, 2.45) is 0 Å². The Balaban J connectivity index is 0.000000166. The van der Waals surface area contributed by atoms with E-state index in [4.69, 9.17) is 23.2 Å². The van der Waals surface area contributed by atoms with Crippen LogP contribution < -0.4 is 19.2 Å². The second-order valence-electron chi connectivity index (χ2n) is 6.48. The Bertz CT molecular complexity index is 1110. The van der Waals surface area contributed by atoms with Crippen LogP contribution in [0.15, 0.2) is 20.6 Å². The summed E-state index contributed by atoms with van der Waals surface area (Å²) in [4.78, 5) is 3.90. The van der Waals surface area contributed by atoms with E-state index in [0.29, 0.717) is 41.8 Å². The largest absolute Gasteiger partial charge is 0.356 e. The Labute approximate surface area is 188 Å². The molecule has 0 unspecified atom stereocenters. The third kappa shape index (κ3) is 4.69. The Morgan fingerprint density at radius 1 is 0.966 bits per heavy atom. The van der Waals surface area contributed by atoms with E-state index in [9.17, 15) is 16.8 Å².